The first kappa shape index (κ1) is 17.9. The summed E-state index contributed by atoms with van der Waals surface area (Å²) < 4.78 is 4.37. The van der Waals surface area contributed by atoms with Gasteiger partial charge in [-0.2, -0.15) is 0 Å². The van der Waals surface area contributed by atoms with E-state index in [1.807, 2.05) is 5.43 Å². The molecule has 0 aliphatic rings. The Hall–Kier alpha value is -1.01. The molecule has 0 radical (unpaired) electrons. The van der Waals surface area contributed by atoms with Crippen molar-refractivity contribution in [2.75, 3.05) is 7.11 Å². The Kier molecular flexibility index (Phi) is 15.1. The van der Waals surface area contributed by atoms with E-state index in [-0.39, 0.29) is 30.3 Å². The summed E-state index contributed by atoms with van der Waals surface area (Å²) in [5.74, 6) is 4.21. The van der Waals surface area contributed by atoms with Crippen molar-refractivity contribution in [3.8, 4) is 0 Å². The SMILES string of the molecule is COC(=O)C(C)C.Cl.N=C(N)NN. The smallest absolute Gasteiger partial charge is 0.308 e. The standard InChI is InChI=1S/C5H10O2.CH6N4.ClH/c1-4(2)5(6)7-3;2-1(3)5-4;/h4H,1-3H3;4H2,(H4,2,3,5);1H. The number of nitrogens with two attached hydrogens (primary N) is 2. The topological polar surface area (TPSA) is 114 Å². The summed E-state index contributed by atoms with van der Waals surface area (Å²) in [4.78, 5) is 10.3. The highest BCUT2D eigenvalue weighted by molar-refractivity contribution is 5.85. The van der Waals surface area contributed by atoms with Crippen LogP contribution in [0.4, 0.5) is 0 Å². The fraction of sp³-hybridized carbons (Fsp3) is 0.667. The molecule has 0 spiro atoms. The van der Waals surface area contributed by atoms with E-state index in [0.29, 0.717) is 0 Å². The second-order valence-electron chi connectivity index (χ2n) is 2.24. The highest BCUT2D eigenvalue weighted by Gasteiger charge is 2.03. The Bertz CT molecular complexity index is 152. The van der Waals surface area contributed by atoms with Gasteiger partial charge in [-0.1, -0.05) is 13.8 Å². The summed E-state index contributed by atoms with van der Waals surface area (Å²) in [6.07, 6.45) is 0. The minimum atomic E-state index is -0.218. The third kappa shape index (κ3) is 18.2. The number of methoxy groups -OCH3 is 1. The summed E-state index contributed by atoms with van der Waals surface area (Å²) in [5.41, 5.74) is 6.53. The maximum atomic E-state index is 10.3. The molecule has 6 nitrogen and oxygen atoms in total. The molecule has 13 heavy (non-hydrogen) atoms. The van der Waals surface area contributed by atoms with Crippen molar-refractivity contribution in [3.05, 3.63) is 0 Å². The van der Waals surface area contributed by atoms with Gasteiger partial charge in [-0.05, 0) is 0 Å². The Morgan fingerprint density at radius 3 is 1.85 bits per heavy atom. The van der Waals surface area contributed by atoms with Crippen molar-refractivity contribution in [2.24, 2.45) is 17.5 Å². The van der Waals surface area contributed by atoms with Gasteiger partial charge in [0.2, 0.25) is 0 Å². The van der Waals surface area contributed by atoms with E-state index in [1.165, 1.54) is 7.11 Å². The maximum Gasteiger partial charge on any atom is 0.308 e. The van der Waals surface area contributed by atoms with Gasteiger partial charge in [0, 0.05) is 0 Å². The lowest BCUT2D eigenvalue weighted by Gasteiger charge is -1.97. The van der Waals surface area contributed by atoms with Gasteiger partial charge in [-0.25, -0.2) is 5.84 Å². The molecule has 0 bridgehead atoms. The first-order valence-electron chi connectivity index (χ1n) is 3.34. The van der Waals surface area contributed by atoms with Crippen LogP contribution in [0.15, 0.2) is 0 Å². The summed E-state index contributed by atoms with van der Waals surface area (Å²) in [5, 5.41) is 6.28. The van der Waals surface area contributed by atoms with Crippen LogP contribution in [-0.2, 0) is 9.53 Å². The molecule has 80 valence electrons. The van der Waals surface area contributed by atoms with Crippen LogP contribution in [-0.4, -0.2) is 19.0 Å². The van der Waals surface area contributed by atoms with Crippen molar-refractivity contribution in [3.63, 3.8) is 0 Å². The number of carbonyl (C=O) groups is 1. The number of nitrogens with one attached hydrogen (secondary N) is 2. The summed E-state index contributed by atoms with van der Waals surface area (Å²) >= 11 is 0. The molecule has 7 heteroatoms. The van der Waals surface area contributed by atoms with E-state index < -0.39 is 0 Å². The molecule has 0 saturated carbocycles. The fourth-order valence-electron chi connectivity index (χ4n) is 0.236. The molecule has 0 saturated heterocycles. The zero-order valence-corrected chi connectivity index (χ0v) is 8.77. The van der Waals surface area contributed by atoms with E-state index in [0.717, 1.165) is 0 Å². The molecular weight excluding hydrogens is 196 g/mol. The largest absolute Gasteiger partial charge is 0.469 e. The third-order valence-electron chi connectivity index (χ3n) is 0.828. The number of hydrazine groups is 1. The molecule has 0 rings (SSSR count). The second kappa shape index (κ2) is 11.0. The predicted molar refractivity (Wildman–Crippen MR) is 53.3 cm³/mol. The number of guanidine groups is 1. The zero-order valence-electron chi connectivity index (χ0n) is 7.96. The first-order valence-corrected chi connectivity index (χ1v) is 3.34. The molecule has 0 aliphatic heterocycles. The molecule has 0 unspecified atom stereocenters. The Morgan fingerprint density at radius 1 is 1.54 bits per heavy atom. The average Bonchev–Trinajstić information content (AvgIpc) is 2.04. The number of hydrogen-bond acceptors (Lipinski definition) is 4. The summed E-state index contributed by atoms with van der Waals surface area (Å²) in [6, 6.07) is 0. The molecule has 6 N–H and O–H groups in total. The lowest BCUT2D eigenvalue weighted by Crippen LogP contribution is -2.35. The predicted octanol–water partition coefficient (Wildman–Crippen LogP) is -0.420. The van der Waals surface area contributed by atoms with Crippen LogP contribution in [0.25, 0.3) is 0 Å². The van der Waals surface area contributed by atoms with Gasteiger partial charge < -0.3 is 10.5 Å². The van der Waals surface area contributed by atoms with Crippen LogP contribution < -0.4 is 17.0 Å². The van der Waals surface area contributed by atoms with Gasteiger partial charge in [0.1, 0.15) is 0 Å². The molecule has 0 aromatic carbocycles. The van der Waals surface area contributed by atoms with Crippen LogP contribution in [0, 0.1) is 11.3 Å². The van der Waals surface area contributed by atoms with Crippen molar-refractivity contribution >= 4 is 24.3 Å². The minimum Gasteiger partial charge on any atom is -0.469 e. The average molecular weight is 213 g/mol. The van der Waals surface area contributed by atoms with Crippen molar-refractivity contribution in [1.29, 1.82) is 5.41 Å². The van der Waals surface area contributed by atoms with E-state index in [1.54, 1.807) is 13.8 Å². The number of ether oxygens (including phenoxy) is 1. The van der Waals surface area contributed by atoms with E-state index in [2.05, 4.69) is 16.3 Å². The van der Waals surface area contributed by atoms with E-state index in [4.69, 9.17) is 5.41 Å². The molecule has 0 amide bonds. The molecular formula is C6H17ClN4O2. The first-order chi connectivity index (χ1) is 5.45. The Labute approximate surface area is 83.9 Å². The molecule has 0 aromatic heterocycles. The Balaban J connectivity index is -0.000000150. The maximum absolute atomic E-state index is 10.3. The summed E-state index contributed by atoms with van der Waals surface area (Å²) in [7, 11) is 1.39. The number of carbonyl (C=O) groups excluding carboxylic acids is 1. The normalized spacial score (nSPS) is 7.46. The van der Waals surface area contributed by atoms with Crippen LogP contribution in [0.2, 0.25) is 0 Å². The van der Waals surface area contributed by atoms with Crippen molar-refractivity contribution in [2.45, 2.75) is 13.8 Å². The van der Waals surface area contributed by atoms with Gasteiger partial charge in [-0.3, -0.25) is 15.6 Å². The van der Waals surface area contributed by atoms with Crippen LogP contribution in [0.3, 0.4) is 0 Å². The van der Waals surface area contributed by atoms with Crippen LogP contribution >= 0.6 is 12.4 Å². The second-order valence-corrected chi connectivity index (χ2v) is 2.24. The molecule has 0 fully saturated rings. The monoisotopic (exact) mass is 212 g/mol. The molecule has 0 aliphatic carbocycles. The fourth-order valence-corrected chi connectivity index (χ4v) is 0.236. The van der Waals surface area contributed by atoms with Gasteiger partial charge in [-0.15, -0.1) is 12.4 Å². The quantitative estimate of drug-likeness (QED) is 0.155. The molecule has 0 aromatic rings. The molecule has 0 atom stereocenters. The third-order valence-corrected chi connectivity index (χ3v) is 0.828. The van der Waals surface area contributed by atoms with Crippen LogP contribution in [0.1, 0.15) is 13.8 Å². The molecule has 0 heterocycles. The number of hydrogen-bond donors (Lipinski definition) is 4. The highest BCUT2D eigenvalue weighted by Crippen LogP contribution is 1.91. The summed E-state index contributed by atoms with van der Waals surface area (Å²) in [6.45, 7) is 3.59. The van der Waals surface area contributed by atoms with Crippen LogP contribution in [0.5, 0.6) is 0 Å². The number of esters is 1. The zero-order chi connectivity index (χ0) is 10.1. The highest BCUT2D eigenvalue weighted by atomic mass is 35.5. The van der Waals surface area contributed by atoms with E-state index >= 15 is 0 Å². The lowest BCUT2D eigenvalue weighted by molar-refractivity contribution is -0.144. The van der Waals surface area contributed by atoms with Gasteiger partial charge in [0.15, 0.2) is 5.96 Å². The van der Waals surface area contributed by atoms with Gasteiger partial charge in [0.05, 0.1) is 13.0 Å². The van der Waals surface area contributed by atoms with E-state index in [9.17, 15) is 4.79 Å². The Morgan fingerprint density at radius 2 is 1.85 bits per heavy atom. The van der Waals surface area contributed by atoms with Crippen molar-refractivity contribution in [1.82, 2.24) is 5.43 Å². The van der Waals surface area contributed by atoms with Crippen molar-refractivity contribution < 1.29 is 9.53 Å². The number of rotatable bonds is 1. The van der Waals surface area contributed by atoms with Gasteiger partial charge >= 0.3 is 5.97 Å². The minimum absolute atomic E-state index is 0. The lowest BCUT2D eigenvalue weighted by atomic mass is 10.2. The van der Waals surface area contributed by atoms with Gasteiger partial charge in [0.25, 0.3) is 0 Å². The number of halogens is 1.